The summed E-state index contributed by atoms with van der Waals surface area (Å²) < 4.78 is 27.2. The van der Waals surface area contributed by atoms with E-state index in [1.54, 1.807) is 30.2 Å². The number of hydrogen-bond donors (Lipinski definition) is 2. The van der Waals surface area contributed by atoms with Crippen molar-refractivity contribution in [2.75, 3.05) is 5.75 Å². The fraction of sp³-hybridized carbons (Fsp3) is 0.500. The predicted molar refractivity (Wildman–Crippen MR) is 65.4 cm³/mol. The Balaban J connectivity index is 2.51. The molecule has 1 atom stereocenters. The van der Waals surface area contributed by atoms with Crippen LogP contribution in [0, 0.1) is 0 Å². The lowest BCUT2D eigenvalue weighted by molar-refractivity contribution is 0.523. The molecule has 0 spiro atoms. The van der Waals surface area contributed by atoms with E-state index in [1.807, 2.05) is 0 Å². The molecule has 1 unspecified atom stereocenters. The molecule has 0 aliphatic carbocycles. The lowest BCUT2D eigenvalue weighted by Gasteiger charge is -2.14. The van der Waals surface area contributed by atoms with Crippen molar-refractivity contribution in [2.24, 2.45) is 5.73 Å². The molecule has 0 amide bonds. The van der Waals surface area contributed by atoms with Gasteiger partial charge in [-0.3, -0.25) is 0 Å². The number of hydrogen-bond acceptors (Lipinski definition) is 4. The van der Waals surface area contributed by atoms with E-state index in [9.17, 15) is 8.42 Å². The zero-order valence-electron chi connectivity index (χ0n) is 8.83. The summed E-state index contributed by atoms with van der Waals surface area (Å²) in [6, 6.07) is -0.242. The van der Waals surface area contributed by atoms with Gasteiger partial charge in [0.1, 0.15) is 5.75 Å². The van der Waals surface area contributed by atoms with Crippen LogP contribution in [0.25, 0.3) is 0 Å². The van der Waals surface area contributed by atoms with Gasteiger partial charge < -0.3 is 10.3 Å². The molecule has 0 saturated carbocycles. The van der Waals surface area contributed by atoms with Crippen molar-refractivity contribution in [3.8, 4) is 0 Å². The second-order valence-electron chi connectivity index (χ2n) is 3.50. The molecule has 8 heteroatoms. The minimum Gasteiger partial charge on any atom is -0.392 e. The first-order valence-electron chi connectivity index (χ1n) is 4.63. The number of imidazole rings is 1. The maximum Gasteiger partial charge on any atom is 0.218 e. The van der Waals surface area contributed by atoms with Crippen molar-refractivity contribution in [2.45, 2.75) is 19.5 Å². The van der Waals surface area contributed by atoms with Crippen LogP contribution in [0.3, 0.4) is 0 Å². The molecule has 90 valence electrons. The minimum atomic E-state index is -3.43. The van der Waals surface area contributed by atoms with E-state index in [4.69, 9.17) is 5.73 Å². The van der Waals surface area contributed by atoms with E-state index in [2.05, 4.69) is 21.9 Å². The van der Waals surface area contributed by atoms with Crippen LogP contribution in [0.4, 0.5) is 0 Å². The van der Waals surface area contributed by atoms with E-state index in [1.165, 1.54) is 0 Å². The highest BCUT2D eigenvalue weighted by Gasteiger charge is 2.15. The van der Waals surface area contributed by atoms with E-state index in [0.717, 1.165) is 0 Å². The van der Waals surface area contributed by atoms with Crippen LogP contribution < -0.4 is 10.5 Å². The number of rotatable bonds is 6. The van der Waals surface area contributed by atoms with Crippen LogP contribution in [0.15, 0.2) is 18.7 Å². The van der Waals surface area contributed by atoms with E-state index in [0.29, 0.717) is 6.54 Å². The molecule has 0 aliphatic heterocycles. The minimum absolute atomic E-state index is 0.0395. The van der Waals surface area contributed by atoms with Crippen molar-refractivity contribution < 1.29 is 8.42 Å². The quantitative estimate of drug-likeness (QED) is 0.673. The molecule has 0 fully saturated rings. The summed E-state index contributed by atoms with van der Waals surface area (Å²) in [5.74, 6) is -0.323. The lowest BCUT2D eigenvalue weighted by Crippen LogP contribution is -2.39. The van der Waals surface area contributed by atoms with Crippen molar-refractivity contribution in [3.63, 3.8) is 0 Å². The van der Waals surface area contributed by atoms with E-state index in [-0.39, 0.29) is 16.8 Å². The second-order valence-corrected chi connectivity index (χ2v) is 5.78. The van der Waals surface area contributed by atoms with Gasteiger partial charge >= 0.3 is 0 Å². The molecular formula is C8H14N4O2S2. The molecule has 1 aromatic heterocycles. The molecule has 0 aromatic carbocycles. The fourth-order valence-electron chi connectivity index (χ4n) is 1.28. The van der Waals surface area contributed by atoms with Gasteiger partial charge in [-0.25, -0.2) is 18.1 Å². The van der Waals surface area contributed by atoms with Gasteiger partial charge in [0.25, 0.3) is 0 Å². The number of nitrogens with zero attached hydrogens (tertiary/aromatic N) is 2. The van der Waals surface area contributed by atoms with Crippen LogP contribution in [0.5, 0.6) is 0 Å². The van der Waals surface area contributed by atoms with Crippen molar-refractivity contribution in [3.05, 3.63) is 18.7 Å². The van der Waals surface area contributed by atoms with Crippen LogP contribution in [0.1, 0.15) is 6.92 Å². The van der Waals surface area contributed by atoms with Gasteiger partial charge in [0, 0.05) is 25.0 Å². The molecule has 1 aromatic rings. The third-order valence-electron chi connectivity index (χ3n) is 1.76. The molecule has 6 nitrogen and oxygen atoms in total. The molecular weight excluding hydrogens is 248 g/mol. The predicted octanol–water partition coefficient (Wildman–Crippen LogP) is -0.523. The second kappa shape index (κ2) is 5.37. The zero-order chi connectivity index (χ0) is 12.2. The fourth-order valence-corrected chi connectivity index (χ4v) is 2.89. The molecule has 0 bridgehead atoms. The molecule has 1 heterocycles. The molecule has 3 N–H and O–H groups in total. The maximum atomic E-state index is 11.5. The number of aromatic nitrogens is 2. The number of nitrogens with two attached hydrogens (primary N) is 1. The summed E-state index contributed by atoms with van der Waals surface area (Å²) in [5.41, 5.74) is 5.19. The van der Waals surface area contributed by atoms with Crippen molar-refractivity contribution >= 4 is 27.2 Å². The van der Waals surface area contributed by atoms with Gasteiger partial charge in [0.15, 0.2) is 0 Å². The Kier molecular flexibility index (Phi) is 4.39. The topological polar surface area (TPSA) is 90.0 Å². The standard InChI is InChI=1S/C8H14N4O2S2/c1-7(4-12-3-2-10-6-12)11-16(13,14)5-8(9)15/h2-3,6-7,11H,4-5H2,1H3,(H2,9,15). The van der Waals surface area contributed by atoms with E-state index >= 15 is 0 Å². The summed E-state index contributed by atoms with van der Waals surface area (Å²) in [6.45, 7) is 2.27. The van der Waals surface area contributed by atoms with Crippen molar-refractivity contribution in [1.29, 1.82) is 0 Å². The van der Waals surface area contributed by atoms with Gasteiger partial charge in [-0.05, 0) is 6.92 Å². The Labute approximate surface area is 99.9 Å². The Morgan fingerprint density at radius 2 is 2.38 bits per heavy atom. The summed E-state index contributed by atoms with van der Waals surface area (Å²) >= 11 is 4.56. The van der Waals surface area contributed by atoms with Crippen LogP contribution in [-0.2, 0) is 16.6 Å². The first kappa shape index (κ1) is 13.1. The monoisotopic (exact) mass is 262 g/mol. The summed E-state index contributed by atoms with van der Waals surface area (Å²) in [6.07, 6.45) is 5.02. The Hall–Kier alpha value is -0.990. The lowest BCUT2D eigenvalue weighted by atomic mass is 10.4. The van der Waals surface area contributed by atoms with Gasteiger partial charge in [-0.15, -0.1) is 0 Å². The molecule has 0 aliphatic rings. The first-order chi connectivity index (χ1) is 7.39. The van der Waals surface area contributed by atoms with Crippen LogP contribution in [0.2, 0.25) is 0 Å². The Morgan fingerprint density at radius 3 is 2.88 bits per heavy atom. The maximum absolute atomic E-state index is 11.5. The van der Waals surface area contributed by atoms with Gasteiger partial charge in [0.05, 0.1) is 11.3 Å². The highest BCUT2D eigenvalue weighted by Crippen LogP contribution is 1.95. The summed E-state index contributed by atoms with van der Waals surface area (Å²) in [5, 5.41) is 0. The third kappa shape index (κ3) is 4.69. The van der Waals surface area contributed by atoms with Gasteiger partial charge in [0.2, 0.25) is 10.0 Å². The molecule has 0 radical (unpaired) electrons. The number of sulfonamides is 1. The zero-order valence-corrected chi connectivity index (χ0v) is 10.5. The third-order valence-corrected chi connectivity index (χ3v) is 3.54. The highest BCUT2D eigenvalue weighted by atomic mass is 32.2. The number of thiocarbonyl (C=S) groups is 1. The molecule has 0 saturated heterocycles. The average molecular weight is 262 g/mol. The Morgan fingerprint density at radius 1 is 1.69 bits per heavy atom. The SMILES string of the molecule is CC(Cn1ccnc1)NS(=O)(=O)CC(N)=S. The average Bonchev–Trinajstić information content (AvgIpc) is 2.51. The smallest absolute Gasteiger partial charge is 0.218 e. The van der Waals surface area contributed by atoms with E-state index < -0.39 is 10.0 Å². The van der Waals surface area contributed by atoms with Crippen LogP contribution in [-0.4, -0.2) is 34.8 Å². The van der Waals surface area contributed by atoms with Gasteiger partial charge in [-0.2, -0.15) is 0 Å². The Bertz CT molecular complexity index is 441. The largest absolute Gasteiger partial charge is 0.392 e. The molecule has 16 heavy (non-hydrogen) atoms. The summed E-state index contributed by atoms with van der Waals surface area (Å²) in [7, 11) is -3.43. The van der Waals surface area contributed by atoms with Crippen molar-refractivity contribution in [1.82, 2.24) is 14.3 Å². The number of nitrogens with one attached hydrogen (secondary N) is 1. The van der Waals surface area contributed by atoms with Gasteiger partial charge in [-0.1, -0.05) is 12.2 Å². The van der Waals surface area contributed by atoms with Crippen LogP contribution >= 0.6 is 12.2 Å². The first-order valence-corrected chi connectivity index (χ1v) is 6.69. The molecule has 1 rings (SSSR count). The summed E-state index contributed by atoms with van der Waals surface area (Å²) in [4.78, 5) is 3.83. The highest BCUT2D eigenvalue weighted by molar-refractivity contribution is 7.92. The normalized spacial score (nSPS) is 13.6.